The van der Waals surface area contributed by atoms with E-state index in [9.17, 15) is 4.79 Å². The first-order valence-corrected chi connectivity index (χ1v) is 9.42. The van der Waals surface area contributed by atoms with Crippen LogP contribution in [0, 0.1) is 0 Å². The highest BCUT2D eigenvalue weighted by molar-refractivity contribution is 8.00. The van der Waals surface area contributed by atoms with Crippen LogP contribution in [0.1, 0.15) is 23.7 Å². The topological polar surface area (TPSA) is 72.7 Å². The van der Waals surface area contributed by atoms with Crippen molar-refractivity contribution >= 4 is 17.7 Å². The fourth-order valence-electron chi connectivity index (χ4n) is 2.68. The van der Waals surface area contributed by atoms with E-state index in [1.54, 1.807) is 12.4 Å². The van der Waals surface area contributed by atoms with Gasteiger partial charge in [0.05, 0.1) is 0 Å². The smallest absolute Gasteiger partial charge is 0.238 e. The normalized spacial score (nSPS) is 14.8. The standard InChI is InChI=1S/C19H19N5OS/c1-24-17(14-9-11-20-12-10-14)22-23-19(24)26-16(13-5-3-2-4-6-13)18(25)21-15-7-8-15/h2-6,9-12,15-16H,7-8H2,1H3,(H,21,25)/t16-/m1/s1. The Kier molecular flexibility index (Phi) is 4.71. The van der Waals surface area contributed by atoms with Gasteiger partial charge in [-0.2, -0.15) is 0 Å². The van der Waals surface area contributed by atoms with E-state index in [1.165, 1.54) is 11.8 Å². The third kappa shape index (κ3) is 3.62. The maximum Gasteiger partial charge on any atom is 0.238 e. The van der Waals surface area contributed by atoms with Crippen molar-refractivity contribution in [2.24, 2.45) is 7.05 Å². The van der Waals surface area contributed by atoms with Crippen LogP contribution < -0.4 is 5.32 Å². The maximum absolute atomic E-state index is 12.8. The van der Waals surface area contributed by atoms with Gasteiger partial charge in [-0.3, -0.25) is 9.78 Å². The summed E-state index contributed by atoms with van der Waals surface area (Å²) in [6.07, 6.45) is 5.58. The average molecular weight is 365 g/mol. The number of nitrogens with zero attached hydrogens (tertiary/aromatic N) is 4. The molecular weight excluding hydrogens is 346 g/mol. The van der Waals surface area contributed by atoms with E-state index in [0.29, 0.717) is 11.2 Å². The summed E-state index contributed by atoms with van der Waals surface area (Å²) in [7, 11) is 1.92. The van der Waals surface area contributed by atoms with Crippen molar-refractivity contribution < 1.29 is 4.79 Å². The van der Waals surface area contributed by atoms with Crippen molar-refractivity contribution in [3.8, 4) is 11.4 Å². The predicted octanol–water partition coefficient (Wildman–Crippen LogP) is 2.99. The van der Waals surface area contributed by atoms with Crippen molar-refractivity contribution in [1.29, 1.82) is 0 Å². The Morgan fingerprint density at radius 1 is 1.15 bits per heavy atom. The highest BCUT2D eigenvalue weighted by Gasteiger charge is 2.30. The highest BCUT2D eigenvalue weighted by atomic mass is 32.2. The van der Waals surface area contributed by atoms with Gasteiger partial charge in [0, 0.05) is 31.0 Å². The second-order valence-electron chi connectivity index (χ2n) is 6.29. The number of aromatic nitrogens is 4. The van der Waals surface area contributed by atoms with Gasteiger partial charge in [-0.05, 0) is 30.5 Å². The second-order valence-corrected chi connectivity index (χ2v) is 7.36. The largest absolute Gasteiger partial charge is 0.352 e. The second kappa shape index (κ2) is 7.29. The fourth-order valence-corrected chi connectivity index (χ4v) is 3.69. The summed E-state index contributed by atoms with van der Waals surface area (Å²) in [5.74, 6) is 0.779. The lowest BCUT2D eigenvalue weighted by atomic mass is 10.1. The van der Waals surface area contributed by atoms with Crippen LogP contribution in [0.5, 0.6) is 0 Å². The molecule has 2 aromatic heterocycles. The van der Waals surface area contributed by atoms with Crippen molar-refractivity contribution in [3.63, 3.8) is 0 Å². The Morgan fingerprint density at radius 2 is 1.88 bits per heavy atom. The molecule has 1 N–H and O–H groups in total. The zero-order valence-corrected chi connectivity index (χ0v) is 15.2. The zero-order chi connectivity index (χ0) is 17.9. The number of nitrogens with one attached hydrogen (secondary N) is 1. The van der Waals surface area contributed by atoms with Gasteiger partial charge in [0.25, 0.3) is 0 Å². The van der Waals surface area contributed by atoms with Crippen LogP contribution in [0.4, 0.5) is 0 Å². The molecule has 7 heteroatoms. The lowest BCUT2D eigenvalue weighted by Gasteiger charge is -2.16. The first-order valence-electron chi connectivity index (χ1n) is 8.54. The van der Waals surface area contributed by atoms with E-state index in [2.05, 4.69) is 20.5 Å². The number of benzene rings is 1. The van der Waals surface area contributed by atoms with Gasteiger partial charge in [0.15, 0.2) is 11.0 Å². The Morgan fingerprint density at radius 3 is 2.58 bits per heavy atom. The molecule has 0 saturated heterocycles. The summed E-state index contributed by atoms with van der Waals surface area (Å²) in [5, 5.41) is 12.1. The van der Waals surface area contributed by atoms with Gasteiger partial charge in [0.1, 0.15) is 5.25 Å². The molecule has 1 atom stereocenters. The first-order chi connectivity index (χ1) is 12.7. The number of amides is 1. The minimum Gasteiger partial charge on any atom is -0.352 e. The van der Waals surface area contributed by atoms with Crippen LogP contribution in [0.2, 0.25) is 0 Å². The molecule has 3 aromatic rings. The summed E-state index contributed by atoms with van der Waals surface area (Å²) in [4.78, 5) is 16.8. The fraction of sp³-hybridized carbons (Fsp3) is 0.263. The summed E-state index contributed by atoms with van der Waals surface area (Å²) < 4.78 is 1.92. The molecule has 0 spiro atoms. The quantitative estimate of drug-likeness (QED) is 0.680. The number of hydrogen-bond acceptors (Lipinski definition) is 5. The van der Waals surface area contributed by atoms with Crippen LogP contribution in [0.3, 0.4) is 0 Å². The number of thioether (sulfide) groups is 1. The van der Waals surface area contributed by atoms with Crippen LogP contribution in [-0.2, 0) is 11.8 Å². The monoisotopic (exact) mass is 365 g/mol. The molecule has 0 radical (unpaired) electrons. The van der Waals surface area contributed by atoms with Crippen molar-refractivity contribution in [2.45, 2.75) is 29.3 Å². The molecule has 0 bridgehead atoms. The van der Waals surface area contributed by atoms with Gasteiger partial charge in [-0.25, -0.2) is 0 Å². The molecule has 2 heterocycles. The molecule has 132 valence electrons. The minimum atomic E-state index is -0.356. The predicted molar refractivity (Wildman–Crippen MR) is 100 cm³/mol. The Bertz CT molecular complexity index is 893. The van der Waals surface area contributed by atoms with Crippen LogP contribution >= 0.6 is 11.8 Å². The van der Waals surface area contributed by atoms with Crippen LogP contribution in [-0.4, -0.2) is 31.7 Å². The Hall–Kier alpha value is -2.67. The molecule has 26 heavy (non-hydrogen) atoms. The lowest BCUT2D eigenvalue weighted by molar-refractivity contribution is -0.120. The van der Waals surface area contributed by atoms with E-state index in [1.807, 2.05) is 54.1 Å². The summed E-state index contributed by atoms with van der Waals surface area (Å²) in [6.45, 7) is 0. The highest BCUT2D eigenvalue weighted by Crippen LogP contribution is 2.36. The molecule has 4 rings (SSSR count). The van der Waals surface area contributed by atoms with Crippen molar-refractivity contribution in [2.75, 3.05) is 0 Å². The van der Waals surface area contributed by atoms with E-state index < -0.39 is 0 Å². The molecule has 1 saturated carbocycles. The molecule has 1 aliphatic rings. The molecule has 1 amide bonds. The number of carbonyl (C=O) groups excluding carboxylic acids is 1. The third-order valence-corrected chi connectivity index (χ3v) is 5.55. The van der Waals surface area contributed by atoms with Crippen LogP contribution in [0.15, 0.2) is 60.0 Å². The van der Waals surface area contributed by atoms with Crippen LogP contribution in [0.25, 0.3) is 11.4 Å². The van der Waals surface area contributed by atoms with E-state index in [-0.39, 0.29) is 11.2 Å². The Balaban J connectivity index is 1.61. The molecule has 0 aliphatic heterocycles. The minimum absolute atomic E-state index is 0.0251. The number of carbonyl (C=O) groups is 1. The maximum atomic E-state index is 12.8. The Labute approximate surface area is 156 Å². The molecule has 0 unspecified atom stereocenters. The zero-order valence-electron chi connectivity index (χ0n) is 14.4. The van der Waals surface area contributed by atoms with Gasteiger partial charge in [0.2, 0.25) is 5.91 Å². The lowest BCUT2D eigenvalue weighted by Crippen LogP contribution is -2.29. The molecule has 1 aliphatic carbocycles. The van der Waals surface area contributed by atoms with E-state index in [4.69, 9.17) is 0 Å². The number of hydrogen-bond donors (Lipinski definition) is 1. The number of pyridine rings is 1. The summed E-state index contributed by atoms with van der Waals surface area (Å²) in [6, 6.07) is 13.9. The van der Waals surface area contributed by atoms with E-state index in [0.717, 1.165) is 29.8 Å². The summed E-state index contributed by atoms with van der Waals surface area (Å²) in [5.41, 5.74) is 1.91. The van der Waals surface area contributed by atoms with Crippen molar-refractivity contribution in [3.05, 3.63) is 60.4 Å². The van der Waals surface area contributed by atoms with Gasteiger partial charge >= 0.3 is 0 Å². The first kappa shape index (κ1) is 16.8. The van der Waals surface area contributed by atoms with Gasteiger partial charge < -0.3 is 9.88 Å². The number of rotatable bonds is 6. The molecule has 1 fully saturated rings. The molecular formula is C19H19N5OS. The SMILES string of the molecule is Cn1c(S[C@@H](C(=O)NC2CC2)c2ccccc2)nnc1-c1ccncc1. The van der Waals surface area contributed by atoms with E-state index >= 15 is 0 Å². The molecule has 1 aromatic carbocycles. The summed E-state index contributed by atoms with van der Waals surface area (Å²) >= 11 is 1.42. The van der Waals surface area contributed by atoms with Gasteiger partial charge in [-0.1, -0.05) is 42.1 Å². The third-order valence-electron chi connectivity index (χ3n) is 4.26. The molecule has 6 nitrogen and oxygen atoms in total. The average Bonchev–Trinajstić information content (AvgIpc) is 3.42. The van der Waals surface area contributed by atoms with Gasteiger partial charge in [-0.15, -0.1) is 10.2 Å². The van der Waals surface area contributed by atoms with Crippen molar-refractivity contribution in [1.82, 2.24) is 25.1 Å².